The summed E-state index contributed by atoms with van der Waals surface area (Å²) in [5.74, 6) is -0.350. The zero-order valence-corrected chi connectivity index (χ0v) is 14.4. The van der Waals surface area contributed by atoms with Gasteiger partial charge in [0.1, 0.15) is 5.82 Å². The van der Waals surface area contributed by atoms with Crippen LogP contribution in [0.2, 0.25) is 0 Å². The molecule has 9 heteroatoms. The zero-order valence-electron chi connectivity index (χ0n) is 12.8. The number of hydrogen-bond donors (Lipinski definition) is 1. The summed E-state index contributed by atoms with van der Waals surface area (Å²) in [5.41, 5.74) is 0.334. The third-order valence-corrected chi connectivity index (χ3v) is 3.87. The molecule has 3 rings (SSSR count). The lowest BCUT2D eigenvalue weighted by atomic mass is 10.1. The van der Waals surface area contributed by atoms with Crippen LogP contribution in [0.5, 0.6) is 0 Å². The van der Waals surface area contributed by atoms with E-state index in [1.54, 1.807) is 19.2 Å². The normalized spacial score (nSPS) is 13.0. The van der Waals surface area contributed by atoms with Gasteiger partial charge in [0.05, 0.1) is 16.6 Å². The van der Waals surface area contributed by atoms with Crippen LogP contribution in [0.3, 0.4) is 0 Å². The fourth-order valence-electron chi connectivity index (χ4n) is 2.17. The molecule has 2 aromatic heterocycles. The fraction of sp³-hybridized carbons (Fsp3) is 0.188. The van der Waals surface area contributed by atoms with E-state index in [0.29, 0.717) is 17.0 Å². The number of pyridine rings is 1. The summed E-state index contributed by atoms with van der Waals surface area (Å²) < 4.78 is 43.7. The Labute approximate surface area is 148 Å². The van der Waals surface area contributed by atoms with Crippen LogP contribution in [-0.4, -0.2) is 20.9 Å². The third-order valence-electron chi connectivity index (χ3n) is 3.44. The van der Waals surface area contributed by atoms with E-state index < -0.39 is 23.8 Å². The molecule has 0 amide bonds. The summed E-state index contributed by atoms with van der Waals surface area (Å²) in [7, 11) is 0. The highest BCUT2D eigenvalue weighted by Gasteiger charge is 2.30. The average molecular weight is 414 g/mol. The number of ether oxygens (including phenoxy) is 1. The van der Waals surface area contributed by atoms with Crippen molar-refractivity contribution < 1.29 is 22.7 Å². The van der Waals surface area contributed by atoms with E-state index in [0.717, 1.165) is 28.7 Å². The van der Waals surface area contributed by atoms with Gasteiger partial charge in [0.15, 0.2) is 11.8 Å². The predicted molar refractivity (Wildman–Crippen MR) is 86.9 cm³/mol. The summed E-state index contributed by atoms with van der Waals surface area (Å²) in [5, 5.41) is 0. The molecule has 0 aliphatic heterocycles. The molecule has 5 nitrogen and oxygen atoms in total. The van der Waals surface area contributed by atoms with Gasteiger partial charge in [0, 0.05) is 10.7 Å². The van der Waals surface area contributed by atoms with Crippen molar-refractivity contribution in [2.24, 2.45) is 0 Å². The molecule has 0 saturated carbocycles. The van der Waals surface area contributed by atoms with Crippen molar-refractivity contribution >= 4 is 33.1 Å². The number of rotatable bonds is 3. The molecule has 25 heavy (non-hydrogen) atoms. The highest BCUT2D eigenvalue weighted by molar-refractivity contribution is 9.10. The van der Waals surface area contributed by atoms with Crippen LogP contribution in [0.4, 0.5) is 13.2 Å². The Hall–Kier alpha value is -2.42. The Bertz CT molecular complexity index is 923. The van der Waals surface area contributed by atoms with Gasteiger partial charge >= 0.3 is 12.1 Å². The number of hydrogen-bond acceptors (Lipinski definition) is 4. The van der Waals surface area contributed by atoms with Crippen LogP contribution in [0.15, 0.2) is 41.0 Å². The molecule has 0 bridgehead atoms. The van der Waals surface area contributed by atoms with Gasteiger partial charge in [-0.1, -0.05) is 0 Å². The number of imidazole rings is 1. The second kappa shape index (κ2) is 6.47. The maximum atomic E-state index is 12.5. The Kier molecular flexibility index (Phi) is 4.51. The van der Waals surface area contributed by atoms with Gasteiger partial charge in [-0.15, -0.1) is 0 Å². The standard InChI is InChI=1S/C16H11BrF3N3O2/c1-8(13-22-12-6-11(17)7-21-14(12)23-13)25-15(24)9-2-4-10(5-3-9)16(18,19)20/h2-8H,1H3,(H,21,22,23). The topological polar surface area (TPSA) is 67.9 Å². The molecule has 0 saturated heterocycles. The molecule has 0 radical (unpaired) electrons. The van der Waals surface area contributed by atoms with Crippen LogP contribution < -0.4 is 0 Å². The molecule has 0 fully saturated rings. The van der Waals surface area contributed by atoms with Crippen molar-refractivity contribution in [2.45, 2.75) is 19.2 Å². The smallest absolute Gasteiger partial charge is 0.416 e. The van der Waals surface area contributed by atoms with Gasteiger partial charge in [0.25, 0.3) is 0 Å². The number of aromatic amines is 1. The van der Waals surface area contributed by atoms with Crippen molar-refractivity contribution in [3.05, 3.63) is 58.0 Å². The Morgan fingerprint density at radius 2 is 1.96 bits per heavy atom. The van der Waals surface area contributed by atoms with Gasteiger partial charge in [-0.3, -0.25) is 0 Å². The number of esters is 1. The van der Waals surface area contributed by atoms with Crippen molar-refractivity contribution in [3.63, 3.8) is 0 Å². The van der Waals surface area contributed by atoms with Gasteiger partial charge in [-0.05, 0) is 53.2 Å². The largest absolute Gasteiger partial charge is 0.451 e. The van der Waals surface area contributed by atoms with Crippen LogP contribution in [-0.2, 0) is 10.9 Å². The zero-order chi connectivity index (χ0) is 18.2. The molecule has 2 heterocycles. The molecular weight excluding hydrogens is 403 g/mol. The Morgan fingerprint density at radius 3 is 2.60 bits per heavy atom. The van der Waals surface area contributed by atoms with E-state index in [4.69, 9.17) is 4.74 Å². The van der Waals surface area contributed by atoms with E-state index in [1.807, 2.05) is 0 Å². The molecule has 130 valence electrons. The summed E-state index contributed by atoms with van der Waals surface area (Å²) >= 11 is 3.29. The first-order chi connectivity index (χ1) is 11.7. The molecule has 0 aliphatic rings. The molecule has 1 N–H and O–H groups in total. The highest BCUT2D eigenvalue weighted by atomic mass is 79.9. The van der Waals surface area contributed by atoms with Crippen molar-refractivity contribution in [3.8, 4) is 0 Å². The fourth-order valence-corrected chi connectivity index (χ4v) is 2.50. The first-order valence-electron chi connectivity index (χ1n) is 7.13. The first kappa shape index (κ1) is 17.4. The lowest BCUT2D eigenvalue weighted by Crippen LogP contribution is -2.11. The van der Waals surface area contributed by atoms with Gasteiger partial charge in [-0.2, -0.15) is 13.2 Å². The maximum absolute atomic E-state index is 12.5. The second-order valence-electron chi connectivity index (χ2n) is 5.27. The first-order valence-corrected chi connectivity index (χ1v) is 7.93. The Balaban J connectivity index is 1.75. The number of nitrogens with zero attached hydrogens (tertiary/aromatic N) is 2. The number of alkyl halides is 3. The van der Waals surface area contributed by atoms with Crippen LogP contribution in [0, 0.1) is 0 Å². The van der Waals surface area contributed by atoms with Crippen molar-refractivity contribution in [1.29, 1.82) is 0 Å². The van der Waals surface area contributed by atoms with E-state index in [2.05, 4.69) is 30.9 Å². The number of benzene rings is 1. The van der Waals surface area contributed by atoms with E-state index >= 15 is 0 Å². The number of H-pyrrole nitrogens is 1. The number of fused-ring (bicyclic) bond motifs is 1. The molecule has 0 aliphatic carbocycles. The van der Waals surface area contributed by atoms with E-state index in [1.165, 1.54) is 0 Å². The van der Waals surface area contributed by atoms with E-state index in [9.17, 15) is 18.0 Å². The van der Waals surface area contributed by atoms with Crippen molar-refractivity contribution in [1.82, 2.24) is 15.0 Å². The highest BCUT2D eigenvalue weighted by Crippen LogP contribution is 2.29. The lowest BCUT2D eigenvalue weighted by Gasteiger charge is -2.11. The van der Waals surface area contributed by atoms with E-state index in [-0.39, 0.29) is 5.56 Å². The minimum Gasteiger partial charge on any atom is -0.451 e. The summed E-state index contributed by atoms with van der Waals surface area (Å²) in [6.45, 7) is 1.61. The quantitative estimate of drug-likeness (QED) is 0.634. The summed E-state index contributed by atoms with van der Waals surface area (Å²) in [6, 6.07) is 5.61. The number of nitrogens with one attached hydrogen (secondary N) is 1. The molecule has 1 atom stereocenters. The molecule has 1 unspecified atom stereocenters. The Morgan fingerprint density at radius 1 is 1.28 bits per heavy atom. The number of halogens is 4. The molecule has 3 aromatic rings. The minimum absolute atomic E-state index is 0.0248. The van der Waals surface area contributed by atoms with Gasteiger partial charge < -0.3 is 9.72 Å². The molecular formula is C16H11BrF3N3O2. The van der Waals surface area contributed by atoms with Crippen LogP contribution >= 0.6 is 15.9 Å². The second-order valence-corrected chi connectivity index (χ2v) is 6.19. The number of aromatic nitrogens is 3. The van der Waals surface area contributed by atoms with Crippen LogP contribution in [0.25, 0.3) is 11.2 Å². The minimum atomic E-state index is -4.45. The molecule has 1 aromatic carbocycles. The third kappa shape index (κ3) is 3.81. The lowest BCUT2D eigenvalue weighted by molar-refractivity contribution is -0.137. The SMILES string of the molecule is CC(OC(=O)c1ccc(C(F)(F)F)cc1)c1nc2ncc(Br)cc2[nH]1. The van der Waals surface area contributed by atoms with Gasteiger partial charge in [-0.25, -0.2) is 14.8 Å². The van der Waals surface area contributed by atoms with Crippen molar-refractivity contribution in [2.75, 3.05) is 0 Å². The summed E-state index contributed by atoms with van der Waals surface area (Å²) in [4.78, 5) is 23.4. The van der Waals surface area contributed by atoms with Gasteiger partial charge in [0.2, 0.25) is 0 Å². The monoisotopic (exact) mass is 413 g/mol. The van der Waals surface area contributed by atoms with Crippen LogP contribution in [0.1, 0.15) is 34.8 Å². The number of carbonyl (C=O) groups is 1. The maximum Gasteiger partial charge on any atom is 0.416 e. The average Bonchev–Trinajstić information content (AvgIpc) is 2.97. The number of carbonyl (C=O) groups excluding carboxylic acids is 1. The molecule has 0 spiro atoms. The summed E-state index contributed by atoms with van der Waals surface area (Å²) in [6.07, 6.45) is -3.58. The predicted octanol–water partition coefficient (Wildman–Crippen LogP) is 4.66.